The molecule has 1 fully saturated rings. The molecule has 1 saturated heterocycles. The van der Waals surface area contributed by atoms with E-state index < -0.39 is 0 Å². The number of hydrogen-bond acceptors (Lipinski definition) is 3. The Kier molecular flexibility index (Phi) is 5.54. The van der Waals surface area contributed by atoms with Gasteiger partial charge in [0.1, 0.15) is 5.82 Å². The summed E-state index contributed by atoms with van der Waals surface area (Å²) in [6.45, 7) is 2.70. The molecule has 0 bridgehead atoms. The fraction of sp³-hybridized carbons (Fsp3) is 0.500. The maximum absolute atomic E-state index is 13.6. The molecule has 0 aliphatic carbocycles. The molecule has 108 valence electrons. The van der Waals surface area contributed by atoms with Gasteiger partial charge in [0.2, 0.25) is 0 Å². The van der Waals surface area contributed by atoms with Gasteiger partial charge in [-0.05, 0) is 24.1 Å². The predicted octanol–water partition coefficient (Wildman–Crippen LogP) is 1.78. The van der Waals surface area contributed by atoms with Gasteiger partial charge in [-0.1, -0.05) is 17.9 Å². The van der Waals surface area contributed by atoms with Gasteiger partial charge >= 0.3 is 0 Å². The first kappa shape index (κ1) is 15.0. The van der Waals surface area contributed by atoms with Crippen LogP contribution in [0.3, 0.4) is 0 Å². The Bertz CT molecular complexity index is 507. The van der Waals surface area contributed by atoms with Gasteiger partial charge in [0.15, 0.2) is 0 Å². The van der Waals surface area contributed by atoms with Crippen LogP contribution in [0.15, 0.2) is 18.2 Å². The summed E-state index contributed by atoms with van der Waals surface area (Å²) in [5.74, 6) is 5.22. The lowest BCUT2D eigenvalue weighted by Crippen LogP contribution is -2.22. The molecule has 1 aliphatic heterocycles. The summed E-state index contributed by atoms with van der Waals surface area (Å²) in [6, 6.07) is 5.05. The number of hydrogen-bond donors (Lipinski definition) is 1. The highest BCUT2D eigenvalue weighted by molar-refractivity contribution is 5.38. The minimum absolute atomic E-state index is 0.000490. The largest absolute Gasteiger partial charge is 0.395 e. The predicted molar refractivity (Wildman–Crippen MR) is 75.7 cm³/mol. The van der Waals surface area contributed by atoms with Crippen LogP contribution in [0.25, 0.3) is 0 Å². The Hall–Kier alpha value is -1.41. The van der Waals surface area contributed by atoms with Gasteiger partial charge in [0.05, 0.1) is 18.3 Å². The molecule has 0 aromatic heterocycles. The van der Waals surface area contributed by atoms with Crippen molar-refractivity contribution in [1.82, 2.24) is 4.90 Å². The van der Waals surface area contributed by atoms with E-state index in [1.807, 2.05) is 0 Å². The topological polar surface area (TPSA) is 32.7 Å². The van der Waals surface area contributed by atoms with Crippen molar-refractivity contribution >= 4 is 0 Å². The van der Waals surface area contributed by atoms with Crippen LogP contribution in [0.2, 0.25) is 0 Å². The number of rotatable bonds is 4. The van der Waals surface area contributed by atoms with E-state index in [2.05, 4.69) is 16.7 Å². The molecule has 0 saturated carbocycles. The lowest BCUT2D eigenvalue weighted by atomic mass is 10.1. The zero-order chi connectivity index (χ0) is 14.4. The molecular weight excluding hydrogens is 257 g/mol. The third-order valence-corrected chi connectivity index (χ3v) is 3.46. The second-order valence-electron chi connectivity index (χ2n) is 4.97. The van der Waals surface area contributed by atoms with Gasteiger partial charge in [-0.3, -0.25) is 4.90 Å². The Morgan fingerprint density at radius 1 is 1.50 bits per heavy atom. The van der Waals surface area contributed by atoms with Crippen LogP contribution in [0, 0.1) is 17.7 Å². The van der Waals surface area contributed by atoms with E-state index in [1.54, 1.807) is 19.2 Å². The molecule has 1 heterocycles. The first-order valence-electron chi connectivity index (χ1n) is 6.86. The molecule has 20 heavy (non-hydrogen) atoms. The second kappa shape index (κ2) is 7.39. The molecule has 0 spiro atoms. The fourth-order valence-electron chi connectivity index (χ4n) is 2.37. The highest BCUT2D eigenvalue weighted by Crippen LogP contribution is 2.17. The van der Waals surface area contributed by atoms with E-state index in [9.17, 15) is 4.39 Å². The van der Waals surface area contributed by atoms with Crippen LogP contribution in [0.4, 0.5) is 4.39 Å². The van der Waals surface area contributed by atoms with Crippen LogP contribution in [-0.4, -0.2) is 42.9 Å². The standard InChI is InChI=1S/C16H20FNO2/c1-20-15-7-8-18(12-15)11-13-5-6-16(17)14(10-13)4-2-3-9-19/h5-6,10,15,19H,3,7-9,11-12H2,1H3. The highest BCUT2D eigenvalue weighted by Gasteiger charge is 2.21. The molecule has 1 aromatic carbocycles. The maximum atomic E-state index is 13.6. The monoisotopic (exact) mass is 277 g/mol. The normalized spacial score (nSPS) is 18.9. The van der Waals surface area contributed by atoms with Gasteiger partial charge in [0, 0.05) is 33.2 Å². The second-order valence-corrected chi connectivity index (χ2v) is 4.97. The van der Waals surface area contributed by atoms with Crippen molar-refractivity contribution in [2.45, 2.75) is 25.5 Å². The van der Waals surface area contributed by atoms with Crippen molar-refractivity contribution in [3.63, 3.8) is 0 Å². The van der Waals surface area contributed by atoms with Crippen LogP contribution in [0.1, 0.15) is 24.0 Å². The lowest BCUT2D eigenvalue weighted by Gasteiger charge is -2.15. The number of methoxy groups -OCH3 is 1. The highest BCUT2D eigenvalue weighted by atomic mass is 19.1. The number of likely N-dealkylation sites (tertiary alicyclic amines) is 1. The number of halogens is 1. The number of aliphatic hydroxyl groups excluding tert-OH is 1. The molecule has 1 unspecified atom stereocenters. The summed E-state index contributed by atoms with van der Waals surface area (Å²) < 4.78 is 19.0. The van der Waals surface area contributed by atoms with Gasteiger partial charge < -0.3 is 9.84 Å². The molecule has 1 aromatic rings. The van der Waals surface area contributed by atoms with Crippen LogP contribution >= 0.6 is 0 Å². The van der Waals surface area contributed by atoms with E-state index in [-0.39, 0.29) is 12.4 Å². The Labute approximate surface area is 119 Å². The van der Waals surface area contributed by atoms with Gasteiger partial charge in [-0.15, -0.1) is 0 Å². The maximum Gasteiger partial charge on any atom is 0.138 e. The quantitative estimate of drug-likeness (QED) is 0.852. The Balaban J connectivity index is 2.02. The Morgan fingerprint density at radius 3 is 3.05 bits per heavy atom. The number of nitrogens with zero attached hydrogens (tertiary/aromatic N) is 1. The summed E-state index contributed by atoms with van der Waals surface area (Å²) in [5, 5.41) is 8.69. The first-order chi connectivity index (χ1) is 9.72. The van der Waals surface area contributed by atoms with Crippen molar-refractivity contribution in [3.8, 4) is 11.8 Å². The minimum atomic E-state index is -0.310. The summed E-state index contributed by atoms with van der Waals surface area (Å²) in [6.07, 6.45) is 1.71. The van der Waals surface area contributed by atoms with Crippen LogP contribution in [-0.2, 0) is 11.3 Å². The van der Waals surface area contributed by atoms with Crippen molar-refractivity contribution in [3.05, 3.63) is 35.1 Å². The molecular formula is C16H20FNO2. The van der Waals surface area contributed by atoms with Gasteiger partial charge in [-0.25, -0.2) is 4.39 Å². The molecule has 2 rings (SSSR count). The van der Waals surface area contributed by atoms with Crippen LogP contribution < -0.4 is 0 Å². The van der Waals surface area contributed by atoms with E-state index in [1.165, 1.54) is 6.07 Å². The molecule has 0 amide bonds. The zero-order valence-electron chi connectivity index (χ0n) is 11.7. The van der Waals surface area contributed by atoms with Gasteiger partial charge in [0.25, 0.3) is 0 Å². The number of ether oxygens (including phenoxy) is 1. The van der Waals surface area contributed by atoms with Crippen molar-refractivity contribution in [2.75, 3.05) is 26.8 Å². The van der Waals surface area contributed by atoms with Crippen LogP contribution in [0.5, 0.6) is 0 Å². The average molecular weight is 277 g/mol. The molecule has 3 nitrogen and oxygen atoms in total. The van der Waals surface area contributed by atoms with Gasteiger partial charge in [-0.2, -0.15) is 0 Å². The molecule has 1 aliphatic rings. The van der Waals surface area contributed by atoms with E-state index >= 15 is 0 Å². The molecule has 4 heteroatoms. The smallest absolute Gasteiger partial charge is 0.138 e. The van der Waals surface area contributed by atoms with E-state index in [0.717, 1.165) is 31.6 Å². The number of aliphatic hydroxyl groups is 1. The van der Waals surface area contributed by atoms with E-state index in [0.29, 0.717) is 18.1 Å². The van der Waals surface area contributed by atoms with Crippen molar-refractivity contribution in [1.29, 1.82) is 0 Å². The fourth-order valence-corrected chi connectivity index (χ4v) is 2.37. The van der Waals surface area contributed by atoms with E-state index in [4.69, 9.17) is 9.84 Å². The molecule has 1 N–H and O–H groups in total. The SMILES string of the molecule is COC1CCN(Cc2ccc(F)c(C#CCCO)c2)C1. The third-order valence-electron chi connectivity index (χ3n) is 3.46. The summed E-state index contributed by atoms with van der Waals surface area (Å²) in [5.41, 5.74) is 1.45. The minimum Gasteiger partial charge on any atom is -0.395 e. The molecule has 1 atom stereocenters. The average Bonchev–Trinajstić information content (AvgIpc) is 2.90. The third kappa shape index (κ3) is 4.04. The summed E-state index contributed by atoms with van der Waals surface area (Å²) >= 11 is 0. The molecule has 0 radical (unpaired) electrons. The van der Waals surface area contributed by atoms with Crippen molar-refractivity contribution < 1.29 is 14.2 Å². The lowest BCUT2D eigenvalue weighted by molar-refractivity contribution is 0.107. The summed E-state index contributed by atoms with van der Waals surface area (Å²) in [4.78, 5) is 2.30. The first-order valence-corrected chi connectivity index (χ1v) is 6.86. The Morgan fingerprint density at radius 2 is 2.35 bits per heavy atom. The summed E-state index contributed by atoms with van der Waals surface area (Å²) in [7, 11) is 1.74. The zero-order valence-corrected chi connectivity index (χ0v) is 11.7. The number of benzene rings is 1. The van der Waals surface area contributed by atoms with Crippen molar-refractivity contribution in [2.24, 2.45) is 0 Å².